The van der Waals surface area contributed by atoms with E-state index in [9.17, 15) is 14.7 Å². The molecule has 2 N–H and O–H groups in total. The zero-order valence-corrected chi connectivity index (χ0v) is 14.0. The van der Waals surface area contributed by atoms with Crippen LogP contribution in [0.1, 0.15) is 35.1 Å². The molecule has 3 rings (SSSR count). The van der Waals surface area contributed by atoms with Crippen molar-refractivity contribution in [3.63, 3.8) is 0 Å². The normalized spacial score (nSPS) is 17.0. The van der Waals surface area contributed by atoms with E-state index >= 15 is 0 Å². The van der Waals surface area contributed by atoms with E-state index in [0.717, 1.165) is 17.8 Å². The van der Waals surface area contributed by atoms with Crippen molar-refractivity contribution in [1.29, 1.82) is 0 Å². The standard InChI is InChI=1S/C16H18N4O3S/c1-2-13-18-19-16(24-13)17-14(22)11-7-5-9-20(11)15(23)10-6-3-4-8-12(10)21/h3-4,6,8,11,21H,2,5,7,9H2,1H3,(H,17,19,22)/t11-/m1/s1. The summed E-state index contributed by atoms with van der Waals surface area (Å²) in [7, 11) is 0. The Labute approximate surface area is 143 Å². The minimum Gasteiger partial charge on any atom is -0.507 e. The lowest BCUT2D eigenvalue weighted by molar-refractivity contribution is -0.119. The van der Waals surface area contributed by atoms with E-state index in [4.69, 9.17) is 0 Å². The number of hydrogen-bond acceptors (Lipinski definition) is 6. The predicted molar refractivity (Wildman–Crippen MR) is 90.1 cm³/mol. The van der Waals surface area contributed by atoms with E-state index in [1.807, 2.05) is 6.92 Å². The molecule has 0 radical (unpaired) electrons. The van der Waals surface area contributed by atoms with Crippen LogP contribution in [0.25, 0.3) is 0 Å². The van der Waals surface area contributed by atoms with Gasteiger partial charge in [0.15, 0.2) is 0 Å². The summed E-state index contributed by atoms with van der Waals surface area (Å²) in [5.74, 6) is -0.683. The van der Waals surface area contributed by atoms with Crippen LogP contribution in [0.4, 0.5) is 5.13 Å². The molecule has 0 spiro atoms. The van der Waals surface area contributed by atoms with Crippen molar-refractivity contribution < 1.29 is 14.7 Å². The van der Waals surface area contributed by atoms with Gasteiger partial charge in [-0.25, -0.2) is 0 Å². The average Bonchev–Trinajstić information content (AvgIpc) is 3.23. The summed E-state index contributed by atoms with van der Waals surface area (Å²) < 4.78 is 0. The number of carbonyl (C=O) groups excluding carboxylic acids is 2. The molecule has 1 saturated heterocycles. The number of aromatic nitrogens is 2. The van der Waals surface area contributed by atoms with Crippen LogP contribution >= 0.6 is 11.3 Å². The highest BCUT2D eigenvalue weighted by molar-refractivity contribution is 7.15. The topological polar surface area (TPSA) is 95.4 Å². The van der Waals surface area contributed by atoms with Gasteiger partial charge in [-0.1, -0.05) is 30.4 Å². The molecule has 7 nitrogen and oxygen atoms in total. The Bertz CT molecular complexity index is 761. The van der Waals surface area contributed by atoms with Crippen LogP contribution in [0.2, 0.25) is 0 Å². The number of nitrogens with one attached hydrogen (secondary N) is 1. The first-order valence-corrected chi connectivity index (χ1v) is 8.64. The van der Waals surface area contributed by atoms with E-state index < -0.39 is 6.04 Å². The number of phenolic OH excluding ortho intramolecular Hbond substituents is 1. The summed E-state index contributed by atoms with van der Waals surface area (Å²) in [5, 5.41) is 21.8. The average molecular weight is 346 g/mol. The van der Waals surface area contributed by atoms with Gasteiger partial charge in [0.2, 0.25) is 11.0 Å². The lowest BCUT2D eigenvalue weighted by Crippen LogP contribution is -2.43. The van der Waals surface area contributed by atoms with Crippen molar-refractivity contribution in [2.24, 2.45) is 0 Å². The van der Waals surface area contributed by atoms with Gasteiger partial charge in [-0.05, 0) is 31.4 Å². The fourth-order valence-electron chi connectivity index (χ4n) is 2.73. The van der Waals surface area contributed by atoms with Crippen LogP contribution in [0.15, 0.2) is 24.3 Å². The number of rotatable bonds is 4. The van der Waals surface area contributed by atoms with Crippen LogP contribution in [0.3, 0.4) is 0 Å². The van der Waals surface area contributed by atoms with Gasteiger partial charge in [-0.2, -0.15) is 0 Å². The lowest BCUT2D eigenvalue weighted by atomic mass is 10.1. The van der Waals surface area contributed by atoms with Crippen LogP contribution < -0.4 is 5.32 Å². The molecule has 0 saturated carbocycles. The first-order valence-electron chi connectivity index (χ1n) is 7.82. The summed E-state index contributed by atoms with van der Waals surface area (Å²) in [6.45, 7) is 2.46. The molecule has 8 heteroatoms. The first-order chi connectivity index (χ1) is 11.6. The van der Waals surface area contributed by atoms with Gasteiger partial charge in [0, 0.05) is 6.54 Å². The maximum atomic E-state index is 12.6. The van der Waals surface area contributed by atoms with E-state index in [1.165, 1.54) is 22.3 Å². The number of phenols is 1. The molecule has 2 amide bonds. The van der Waals surface area contributed by atoms with Gasteiger partial charge in [-0.3, -0.25) is 14.9 Å². The quantitative estimate of drug-likeness (QED) is 0.883. The highest BCUT2D eigenvalue weighted by atomic mass is 32.1. The van der Waals surface area contributed by atoms with Crippen molar-refractivity contribution in [3.8, 4) is 5.75 Å². The molecule has 1 aromatic carbocycles. The fourth-order valence-corrected chi connectivity index (χ4v) is 3.41. The summed E-state index contributed by atoms with van der Waals surface area (Å²) >= 11 is 1.33. The third-order valence-electron chi connectivity index (χ3n) is 3.95. The Balaban J connectivity index is 1.74. The molecule has 0 unspecified atom stereocenters. The van der Waals surface area contributed by atoms with Crippen LogP contribution in [0.5, 0.6) is 5.75 Å². The number of aryl methyl sites for hydroxylation is 1. The molecule has 1 aliphatic rings. The number of nitrogens with zero attached hydrogens (tertiary/aromatic N) is 3. The SMILES string of the molecule is CCc1nnc(NC(=O)[C@H]2CCCN2C(=O)c2ccccc2O)s1. The zero-order valence-electron chi connectivity index (χ0n) is 13.2. The van der Waals surface area contributed by atoms with Gasteiger partial charge in [0.25, 0.3) is 5.91 Å². The van der Waals surface area contributed by atoms with Crippen LogP contribution in [0, 0.1) is 0 Å². The number of para-hydroxylation sites is 1. The van der Waals surface area contributed by atoms with Gasteiger partial charge in [-0.15, -0.1) is 10.2 Å². The van der Waals surface area contributed by atoms with Crippen molar-refractivity contribution in [3.05, 3.63) is 34.8 Å². The Kier molecular flexibility index (Phi) is 4.75. The molecule has 1 fully saturated rings. The number of carbonyl (C=O) groups is 2. The molecule has 1 atom stereocenters. The molecule has 1 aromatic heterocycles. The lowest BCUT2D eigenvalue weighted by Gasteiger charge is -2.23. The zero-order chi connectivity index (χ0) is 17.1. The van der Waals surface area contributed by atoms with Gasteiger partial charge >= 0.3 is 0 Å². The smallest absolute Gasteiger partial charge is 0.258 e. The fraction of sp³-hybridized carbons (Fsp3) is 0.375. The Morgan fingerprint density at radius 3 is 2.88 bits per heavy atom. The number of amides is 2. The third-order valence-corrected chi connectivity index (χ3v) is 4.93. The minimum absolute atomic E-state index is 0.0785. The van der Waals surface area contributed by atoms with Crippen molar-refractivity contribution in [1.82, 2.24) is 15.1 Å². The molecule has 0 aliphatic carbocycles. The Morgan fingerprint density at radius 2 is 2.17 bits per heavy atom. The van der Waals surface area contributed by atoms with Crippen molar-refractivity contribution in [2.45, 2.75) is 32.2 Å². The summed E-state index contributed by atoms with van der Waals surface area (Å²) in [4.78, 5) is 26.7. The van der Waals surface area contributed by atoms with Crippen LogP contribution in [-0.2, 0) is 11.2 Å². The van der Waals surface area contributed by atoms with Crippen molar-refractivity contribution in [2.75, 3.05) is 11.9 Å². The highest BCUT2D eigenvalue weighted by Crippen LogP contribution is 2.25. The Hall–Kier alpha value is -2.48. The molecular weight excluding hydrogens is 328 g/mol. The molecule has 24 heavy (non-hydrogen) atoms. The first kappa shape index (κ1) is 16.4. The molecule has 1 aliphatic heterocycles. The monoisotopic (exact) mass is 346 g/mol. The van der Waals surface area contributed by atoms with E-state index in [2.05, 4.69) is 15.5 Å². The van der Waals surface area contributed by atoms with Gasteiger partial charge < -0.3 is 10.0 Å². The van der Waals surface area contributed by atoms with Crippen LogP contribution in [-0.4, -0.2) is 44.6 Å². The van der Waals surface area contributed by atoms with E-state index in [1.54, 1.807) is 18.2 Å². The molecule has 126 valence electrons. The maximum Gasteiger partial charge on any atom is 0.258 e. The maximum absolute atomic E-state index is 12.6. The van der Waals surface area contributed by atoms with Crippen molar-refractivity contribution >= 4 is 28.3 Å². The summed E-state index contributed by atoms with van der Waals surface area (Å²) in [6.07, 6.45) is 2.09. The molecule has 2 aromatic rings. The van der Waals surface area contributed by atoms with E-state index in [-0.39, 0.29) is 23.1 Å². The molecular formula is C16H18N4O3S. The number of hydrogen-bond donors (Lipinski definition) is 2. The summed E-state index contributed by atoms with van der Waals surface area (Å²) in [6, 6.07) is 5.80. The van der Waals surface area contributed by atoms with Gasteiger partial charge in [0.1, 0.15) is 16.8 Å². The van der Waals surface area contributed by atoms with E-state index in [0.29, 0.717) is 18.1 Å². The number of aromatic hydroxyl groups is 1. The second-order valence-electron chi connectivity index (χ2n) is 5.52. The largest absolute Gasteiger partial charge is 0.507 e. The number of anilines is 1. The second-order valence-corrected chi connectivity index (χ2v) is 6.58. The third kappa shape index (κ3) is 3.23. The molecule has 2 heterocycles. The number of likely N-dealkylation sites (tertiary alicyclic amines) is 1. The predicted octanol–water partition coefficient (Wildman–Crippen LogP) is 2.05. The summed E-state index contributed by atoms with van der Waals surface area (Å²) in [5.41, 5.74) is 0.210. The number of benzene rings is 1. The Morgan fingerprint density at radius 1 is 1.38 bits per heavy atom. The second kappa shape index (κ2) is 6.96. The highest BCUT2D eigenvalue weighted by Gasteiger charge is 2.35. The molecule has 0 bridgehead atoms. The minimum atomic E-state index is -0.564. The van der Waals surface area contributed by atoms with Gasteiger partial charge in [0.05, 0.1) is 5.56 Å².